The van der Waals surface area contributed by atoms with Crippen LogP contribution in [0.5, 0.6) is 11.8 Å². The summed E-state index contributed by atoms with van der Waals surface area (Å²) in [5.74, 6) is -2.90. The monoisotopic (exact) mass is 321 g/mol. The van der Waals surface area contributed by atoms with Gasteiger partial charge in [0, 0.05) is 11.6 Å². The van der Waals surface area contributed by atoms with Gasteiger partial charge in [-0.15, -0.1) is 0 Å². The number of fused-ring (bicyclic) bond motifs is 1. The third-order valence-electron chi connectivity index (χ3n) is 2.91. The first-order chi connectivity index (χ1) is 9.47. The maximum atomic E-state index is 13.9. The second-order valence-electron chi connectivity index (χ2n) is 4.25. The fraction of sp³-hybridized carbons (Fsp3) is 0.0769. The van der Waals surface area contributed by atoms with E-state index in [9.17, 15) is 19.0 Å². The van der Waals surface area contributed by atoms with Crippen molar-refractivity contribution in [3.63, 3.8) is 0 Å². The fourth-order valence-corrected chi connectivity index (χ4v) is 2.08. The molecule has 0 spiro atoms. The van der Waals surface area contributed by atoms with Gasteiger partial charge in [-0.3, -0.25) is 0 Å². The van der Waals surface area contributed by atoms with Gasteiger partial charge in [0.25, 0.3) is 0 Å². The van der Waals surface area contributed by atoms with E-state index in [1.807, 2.05) is 0 Å². The third kappa shape index (κ3) is 3.29. The van der Waals surface area contributed by atoms with Crippen LogP contribution >= 0.6 is 0 Å². The van der Waals surface area contributed by atoms with Gasteiger partial charge in [0.05, 0.1) is 11.3 Å². The van der Waals surface area contributed by atoms with Gasteiger partial charge in [-0.2, -0.15) is 5.10 Å². The Morgan fingerprint density at radius 2 is 1.77 bits per heavy atom. The van der Waals surface area contributed by atoms with Gasteiger partial charge in [0.2, 0.25) is 0 Å². The molecule has 0 atom stereocenters. The Balaban J connectivity index is 0.00000121. The van der Waals surface area contributed by atoms with Gasteiger partial charge >= 0.3 is 59.1 Å². The molecule has 0 aliphatic heterocycles. The minimum Gasteiger partial charge on any atom is -0.859 e. The smallest absolute Gasteiger partial charge is 0.859 e. The molecule has 0 bridgehead atoms. The number of aryl methyl sites for hydroxylation is 1. The van der Waals surface area contributed by atoms with Crippen LogP contribution in [-0.4, -0.2) is 14.6 Å². The predicted molar refractivity (Wildman–Crippen MR) is 62.0 cm³/mol. The standard InChI is InChI=1S/C13H9F2N3O2.2Na/c1-6-12(8-3-2-7(14)4-9(8)15)13-16-10(19)5-11(20)18(13)17-6;;/h2-5,20H,1H3,(H,16,19);;/q;2*+1/p-2. The summed E-state index contributed by atoms with van der Waals surface area (Å²) in [4.78, 5) is 3.68. The Morgan fingerprint density at radius 1 is 1.09 bits per heavy atom. The second-order valence-corrected chi connectivity index (χ2v) is 4.25. The molecule has 3 aromatic rings. The molecule has 2 aromatic heterocycles. The van der Waals surface area contributed by atoms with E-state index in [1.165, 1.54) is 6.07 Å². The van der Waals surface area contributed by atoms with Gasteiger partial charge in [0.1, 0.15) is 11.6 Å². The SMILES string of the molecule is Cc1nn2c([O-])cc([O-])nc2c1-c1ccc(F)cc1F.[Na+].[Na+]. The maximum Gasteiger partial charge on any atom is 1.00 e. The Hall–Kier alpha value is -0.700. The van der Waals surface area contributed by atoms with Crippen molar-refractivity contribution in [1.29, 1.82) is 0 Å². The van der Waals surface area contributed by atoms with Gasteiger partial charge in [-0.1, -0.05) is 0 Å². The van der Waals surface area contributed by atoms with E-state index in [2.05, 4.69) is 10.1 Å². The van der Waals surface area contributed by atoms with Crippen LogP contribution < -0.4 is 69.3 Å². The number of rotatable bonds is 1. The van der Waals surface area contributed by atoms with E-state index in [1.54, 1.807) is 6.92 Å². The van der Waals surface area contributed by atoms with Crippen molar-refractivity contribution >= 4 is 5.65 Å². The predicted octanol–water partition coefficient (Wildman–Crippen LogP) is -4.86. The summed E-state index contributed by atoms with van der Waals surface area (Å²) < 4.78 is 27.7. The first kappa shape index (κ1) is 19.3. The summed E-state index contributed by atoms with van der Waals surface area (Å²) in [6.07, 6.45) is 0. The largest absolute Gasteiger partial charge is 1.00 e. The molecular formula is C13H7F2N3Na2O2. The Morgan fingerprint density at radius 3 is 2.41 bits per heavy atom. The molecule has 9 heteroatoms. The Bertz CT molecular complexity index is 840. The maximum absolute atomic E-state index is 13.9. The zero-order valence-electron chi connectivity index (χ0n) is 12.2. The summed E-state index contributed by atoms with van der Waals surface area (Å²) in [7, 11) is 0. The first-order valence-electron chi connectivity index (χ1n) is 5.67. The van der Waals surface area contributed by atoms with Crippen molar-refractivity contribution in [3.05, 3.63) is 41.6 Å². The molecule has 3 rings (SSSR count). The average molecular weight is 321 g/mol. The fourth-order valence-electron chi connectivity index (χ4n) is 2.08. The molecule has 2 heterocycles. The van der Waals surface area contributed by atoms with Crippen LogP contribution in [0.3, 0.4) is 0 Å². The van der Waals surface area contributed by atoms with Crippen molar-refractivity contribution in [2.45, 2.75) is 6.92 Å². The molecular weight excluding hydrogens is 314 g/mol. The van der Waals surface area contributed by atoms with E-state index < -0.39 is 23.4 Å². The van der Waals surface area contributed by atoms with Crippen LogP contribution in [0.1, 0.15) is 5.69 Å². The van der Waals surface area contributed by atoms with Crippen LogP contribution in [0.2, 0.25) is 0 Å². The average Bonchev–Trinajstić information content (AvgIpc) is 2.67. The molecule has 0 N–H and O–H groups in total. The van der Waals surface area contributed by atoms with E-state index in [0.717, 1.165) is 22.7 Å². The summed E-state index contributed by atoms with van der Waals surface area (Å²) in [6.45, 7) is 1.55. The second kappa shape index (κ2) is 7.25. The molecule has 0 radical (unpaired) electrons. The van der Waals surface area contributed by atoms with Crippen molar-refractivity contribution in [3.8, 4) is 22.9 Å². The molecule has 0 unspecified atom stereocenters. The van der Waals surface area contributed by atoms with Crippen molar-refractivity contribution in [2.75, 3.05) is 0 Å². The summed E-state index contributed by atoms with van der Waals surface area (Å²) >= 11 is 0. The third-order valence-corrected chi connectivity index (χ3v) is 2.91. The van der Waals surface area contributed by atoms with Crippen molar-refractivity contribution < 1.29 is 78.1 Å². The molecule has 5 nitrogen and oxygen atoms in total. The van der Waals surface area contributed by atoms with Crippen molar-refractivity contribution in [1.82, 2.24) is 14.6 Å². The molecule has 22 heavy (non-hydrogen) atoms. The number of hydrogen-bond acceptors (Lipinski definition) is 4. The van der Waals surface area contributed by atoms with Gasteiger partial charge in [-0.25, -0.2) is 18.3 Å². The molecule has 0 aliphatic rings. The van der Waals surface area contributed by atoms with Gasteiger partial charge < -0.3 is 10.2 Å². The topological polar surface area (TPSA) is 76.3 Å². The van der Waals surface area contributed by atoms with Crippen LogP contribution in [0.15, 0.2) is 24.3 Å². The zero-order valence-corrected chi connectivity index (χ0v) is 16.2. The zero-order chi connectivity index (χ0) is 14.4. The van der Waals surface area contributed by atoms with E-state index >= 15 is 0 Å². The van der Waals surface area contributed by atoms with Gasteiger partial charge in [0.15, 0.2) is 5.65 Å². The van der Waals surface area contributed by atoms with Gasteiger partial charge in [-0.05, 0) is 36.9 Å². The molecule has 0 aliphatic carbocycles. The normalized spacial score (nSPS) is 10.1. The number of hydrogen-bond donors (Lipinski definition) is 0. The van der Waals surface area contributed by atoms with Crippen molar-refractivity contribution in [2.24, 2.45) is 0 Å². The quantitative estimate of drug-likeness (QED) is 0.421. The number of benzene rings is 1. The number of nitrogens with zero attached hydrogens (tertiary/aromatic N) is 3. The molecule has 1 aromatic carbocycles. The molecule has 102 valence electrons. The number of halogens is 2. The molecule has 0 amide bonds. The van der Waals surface area contributed by atoms with E-state index in [-0.39, 0.29) is 75.9 Å². The molecule has 0 fully saturated rings. The summed E-state index contributed by atoms with van der Waals surface area (Å²) in [6, 6.07) is 3.82. The Labute approximate surface area is 168 Å². The van der Waals surface area contributed by atoms with Crippen LogP contribution in [-0.2, 0) is 0 Å². The van der Waals surface area contributed by atoms with Crippen LogP contribution in [0.4, 0.5) is 8.78 Å². The van der Waals surface area contributed by atoms with E-state index in [0.29, 0.717) is 5.69 Å². The van der Waals surface area contributed by atoms with Crippen LogP contribution in [0.25, 0.3) is 16.8 Å². The number of aromatic nitrogens is 3. The minimum atomic E-state index is -0.812. The molecule has 0 saturated heterocycles. The Kier molecular flexibility index (Phi) is 6.37. The molecule has 0 saturated carbocycles. The van der Waals surface area contributed by atoms with E-state index in [4.69, 9.17) is 0 Å². The first-order valence-corrected chi connectivity index (χ1v) is 5.67. The van der Waals surface area contributed by atoms with Crippen LogP contribution in [0, 0.1) is 18.6 Å². The summed E-state index contributed by atoms with van der Waals surface area (Å²) in [5, 5.41) is 26.9. The minimum absolute atomic E-state index is 0. The summed E-state index contributed by atoms with van der Waals surface area (Å²) in [5.41, 5.74) is 0.532.